The molecule has 2 aliphatic heterocycles. The van der Waals surface area contributed by atoms with Crippen molar-refractivity contribution in [1.29, 1.82) is 0 Å². The third-order valence-electron chi connectivity index (χ3n) is 7.17. The largest absolute Gasteiger partial charge is 0.342 e. The van der Waals surface area contributed by atoms with Crippen molar-refractivity contribution in [3.05, 3.63) is 28.3 Å². The van der Waals surface area contributed by atoms with Crippen molar-refractivity contribution in [3.8, 4) is 0 Å². The van der Waals surface area contributed by atoms with Crippen LogP contribution in [0.15, 0.2) is 17.1 Å². The zero-order valence-corrected chi connectivity index (χ0v) is 19.6. The first-order chi connectivity index (χ1) is 15.5. The van der Waals surface area contributed by atoms with Gasteiger partial charge in [0.05, 0.1) is 17.4 Å². The summed E-state index contributed by atoms with van der Waals surface area (Å²) in [5.74, 6) is 1.93. The first-order valence-corrected chi connectivity index (χ1v) is 12.1. The molecule has 2 aromatic rings. The molecule has 2 aromatic heterocycles. The highest BCUT2D eigenvalue weighted by atomic mass is 16.2. The molecule has 0 unspecified atom stereocenters. The van der Waals surface area contributed by atoms with Crippen molar-refractivity contribution in [1.82, 2.24) is 24.8 Å². The Morgan fingerprint density at radius 2 is 1.81 bits per heavy atom. The van der Waals surface area contributed by atoms with Crippen LogP contribution in [-0.2, 0) is 4.79 Å². The van der Waals surface area contributed by atoms with Crippen LogP contribution >= 0.6 is 0 Å². The fourth-order valence-corrected chi connectivity index (χ4v) is 4.88. The first-order valence-electron chi connectivity index (χ1n) is 12.1. The third-order valence-corrected chi connectivity index (χ3v) is 7.17. The lowest BCUT2D eigenvalue weighted by atomic mass is 9.92. The Kier molecular flexibility index (Phi) is 7.08. The molecule has 0 atom stereocenters. The summed E-state index contributed by atoms with van der Waals surface area (Å²) in [4.78, 5) is 43.8. The lowest BCUT2D eigenvalue weighted by molar-refractivity contribution is -0.134. The number of carbonyl (C=O) groups excluding carboxylic acids is 1. The van der Waals surface area contributed by atoms with E-state index in [1.165, 1.54) is 0 Å². The molecule has 4 rings (SSSR count). The summed E-state index contributed by atoms with van der Waals surface area (Å²) >= 11 is 0. The number of amides is 1. The number of hydrogen-bond acceptors (Lipinski definition) is 6. The van der Waals surface area contributed by atoms with Gasteiger partial charge in [-0.2, -0.15) is 0 Å². The van der Waals surface area contributed by atoms with Crippen molar-refractivity contribution >= 4 is 22.8 Å². The van der Waals surface area contributed by atoms with E-state index >= 15 is 0 Å². The lowest BCUT2D eigenvalue weighted by Gasteiger charge is -2.35. The monoisotopic (exact) mass is 440 g/mol. The number of anilines is 1. The molecular formula is C24H36N6O2. The SMILES string of the molecule is CCN(CC)c1ncc2c(=O)[nH]c(C3CCN(CC(=O)N4CCC(C)CC4)CC3)cc2n1. The quantitative estimate of drug-likeness (QED) is 0.743. The van der Waals surface area contributed by atoms with Crippen molar-refractivity contribution in [2.75, 3.05) is 50.7 Å². The number of likely N-dealkylation sites (tertiary alicyclic amines) is 2. The molecule has 0 bridgehead atoms. The van der Waals surface area contributed by atoms with Crippen molar-refractivity contribution in [2.24, 2.45) is 5.92 Å². The minimum Gasteiger partial charge on any atom is -0.342 e. The molecule has 32 heavy (non-hydrogen) atoms. The summed E-state index contributed by atoms with van der Waals surface area (Å²) in [5.41, 5.74) is 1.53. The van der Waals surface area contributed by atoms with Gasteiger partial charge in [-0.1, -0.05) is 6.92 Å². The number of aromatic amines is 1. The van der Waals surface area contributed by atoms with Crippen molar-refractivity contribution in [2.45, 2.75) is 52.4 Å². The normalized spacial score (nSPS) is 18.9. The molecule has 0 radical (unpaired) electrons. The summed E-state index contributed by atoms with van der Waals surface area (Å²) in [7, 11) is 0. The maximum absolute atomic E-state index is 12.7. The van der Waals surface area contributed by atoms with Gasteiger partial charge in [0.2, 0.25) is 11.9 Å². The summed E-state index contributed by atoms with van der Waals surface area (Å²) < 4.78 is 0. The number of pyridine rings is 1. The Morgan fingerprint density at radius 3 is 2.47 bits per heavy atom. The summed E-state index contributed by atoms with van der Waals surface area (Å²) in [5, 5.41) is 0.531. The molecule has 2 aliphatic rings. The van der Waals surface area contributed by atoms with Gasteiger partial charge in [-0.3, -0.25) is 14.5 Å². The Labute approximate surface area is 190 Å². The van der Waals surface area contributed by atoms with E-state index in [1.54, 1.807) is 6.20 Å². The molecule has 2 fully saturated rings. The minimum absolute atomic E-state index is 0.125. The van der Waals surface area contributed by atoms with Gasteiger partial charge in [0.1, 0.15) is 0 Å². The Hall–Kier alpha value is -2.48. The van der Waals surface area contributed by atoms with E-state index in [0.717, 1.165) is 76.6 Å². The summed E-state index contributed by atoms with van der Waals surface area (Å²) in [6.07, 6.45) is 5.72. The van der Waals surface area contributed by atoms with Gasteiger partial charge in [0.25, 0.3) is 5.56 Å². The second kappa shape index (κ2) is 9.98. The van der Waals surface area contributed by atoms with E-state index in [2.05, 4.69) is 45.5 Å². The van der Waals surface area contributed by atoms with E-state index in [0.29, 0.717) is 23.4 Å². The average Bonchev–Trinajstić information content (AvgIpc) is 2.80. The maximum atomic E-state index is 12.7. The molecular weight excluding hydrogens is 404 g/mol. The van der Waals surface area contributed by atoms with Crippen LogP contribution in [-0.4, -0.2) is 76.5 Å². The standard InChI is InChI=1S/C24H36N6O2/c1-4-29(5-2)24-25-15-19-21(27-24)14-20(26-23(19)32)18-8-10-28(11-9-18)16-22(31)30-12-6-17(3)7-13-30/h14-15,17-18H,4-13,16H2,1-3H3,(H,26,32). The molecule has 2 saturated heterocycles. The number of aromatic nitrogens is 3. The highest BCUT2D eigenvalue weighted by molar-refractivity contribution is 5.79. The van der Waals surface area contributed by atoms with Crippen LogP contribution in [0.2, 0.25) is 0 Å². The Bertz CT molecular complexity index is 986. The van der Waals surface area contributed by atoms with Gasteiger partial charge in [-0.15, -0.1) is 0 Å². The predicted molar refractivity (Wildman–Crippen MR) is 127 cm³/mol. The molecule has 174 valence electrons. The van der Waals surface area contributed by atoms with E-state index in [9.17, 15) is 9.59 Å². The molecule has 8 heteroatoms. The molecule has 4 heterocycles. The van der Waals surface area contributed by atoms with E-state index in [1.807, 2.05) is 11.0 Å². The number of nitrogens with zero attached hydrogens (tertiary/aromatic N) is 5. The molecule has 1 amide bonds. The first kappa shape index (κ1) is 22.7. The lowest BCUT2D eigenvalue weighted by Crippen LogP contribution is -2.45. The topological polar surface area (TPSA) is 85.4 Å². The molecule has 0 saturated carbocycles. The van der Waals surface area contributed by atoms with Crippen LogP contribution in [0.4, 0.5) is 5.95 Å². The van der Waals surface area contributed by atoms with Gasteiger partial charge in [0, 0.05) is 44.0 Å². The highest BCUT2D eigenvalue weighted by Crippen LogP contribution is 2.28. The second-order valence-corrected chi connectivity index (χ2v) is 9.31. The van der Waals surface area contributed by atoms with Crippen LogP contribution < -0.4 is 10.5 Å². The second-order valence-electron chi connectivity index (χ2n) is 9.31. The molecule has 0 spiro atoms. The molecule has 8 nitrogen and oxygen atoms in total. The molecule has 0 aromatic carbocycles. The average molecular weight is 441 g/mol. The fraction of sp³-hybridized carbons (Fsp3) is 0.667. The Morgan fingerprint density at radius 1 is 1.12 bits per heavy atom. The van der Waals surface area contributed by atoms with Gasteiger partial charge in [-0.05, 0) is 64.6 Å². The van der Waals surface area contributed by atoms with E-state index in [4.69, 9.17) is 0 Å². The van der Waals surface area contributed by atoms with E-state index in [-0.39, 0.29) is 17.4 Å². The third kappa shape index (κ3) is 4.95. The van der Waals surface area contributed by atoms with Crippen molar-refractivity contribution in [3.63, 3.8) is 0 Å². The highest BCUT2D eigenvalue weighted by Gasteiger charge is 2.26. The van der Waals surface area contributed by atoms with Crippen LogP contribution in [0.3, 0.4) is 0 Å². The summed E-state index contributed by atoms with van der Waals surface area (Å²) in [6.45, 7) is 12.1. The predicted octanol–water partition coefficient (Wildman–Crippen LogP) is 2.60. The Balaban J connectivity index is 1.41. The molecule has 0 aliphatic carbocycles. The van der Waals surface area contributed by atoms with Gasteiger partial charge in [0.15, 0.2) is 0 Å². The van der Waals surface area contributed by atoms with Gasteiger partial charge >= 0.3 is 0 Å². The number of carbonyl (C=O) groups is 1. The zero-order valence-electron chi connectivity index (χ0n) is 19.6. The van der Waals surface area contributed by atoms with Gasteiger partial charge < -0.3 is 14.8 Å². The number of rotatable bonds is 6. The zero-order chi connectivity index (χ0) is 22.7. The number of nitrogens with one attached hydrogen (secondary N) is 1. The minimum atomic E-state index is -0.125. The number of fused-ring (bicyclic) bond motifs is 1. The number of hydrogen-bond donors (Lipinski definition) is 1. The van der Waals surface area contributed by atoms with Crippen molar-refractivity contribution < 1.29 is 4.79 Å². The summed E-state index contributed by atoms with van der Waals surface area (Å²) in [6, 6.07) is 2.02. The number of piperidine rings is 2. The number of H-pyrrole nitrogens is 1. The van der Waals surface area contributed by atoms with Crippen LogP contribution in [0.1, 0.15) is 58.1 Å². The van der Waals surface area contributed by atoms with Gasteiger partial charge in [-0.25, -0.2) is 9.97 Å². The smallest absolute Gasteiger partial charge is 0.259 e. The maximum Gasteiger partial charge on any atom is 0.259 e. The molecule has 1 N–H and O–H groups in total. The van der Waals surface area contributed by atoms with Crippen LogP contribution in [0.5, 0.6) is 0 Å². The fourth-order valence-electron chi connectivity index (χ4n) is 4.88. The van der Waals surface area contributed by atoms with E-state index < -0.39 is 0 Å². The van der Waals surface area contributed by atoms with Crippen LogP contribution in [0.25, 0.3) is 10.9 Å². The van der Waals surface area contributed by atoms with Crippen LogP contribution in [0, 0.1) is 5.92 Å².